The number of fused-ring (bicyclic) bond motifs is 2. The van der Waals surface area contributed by atoms with Crippen molar-refractivity contribution in [2.75, 3.05) is 6.54 Å². The van der Waals surface area contributed by atoms with Gasteiger partial charge in [-0.3, -0.25) is 9.78 Å². The van der Waals surface area contributed by atoms with Crippen molar-refractivity contribution in [1.29, 1.82) is 0 Å². The minimum absolute atomic E-state index is 0.0142. The van der Waals surface area contributed by atoms with Crippen molar-refractivity contribution in [3.8, 4) is 0 Å². The molecule has 158 valence electrons. The number of amides is 1. The molecule has 1 amide bonds. The van der Waals surface area contributed by atoms with Crippen LogP contribution in [0.2, 0.25) is 0 Å². The fourth-order valence-corrected chi connectivity index (χ4v) is 4.37. The highest BCUT2D eigenvalue weighted by atomic mass is 16.3. The third kappa shape index (κ3) is 3.93. The second kappa shape index (κ2) is 8.30. The zero-order chi connectivity index (χ0) is 21.2. The summed E-state index contributed by atoms with van der Waals surface area (Å²) < 4.78 is 5.92. The quantitative estimate of drug-likeness (QED) is 0.466. The Bertz CT molecular complexity index is 1190. The van der Waals surface area contributed by atoms with Gasteiger partial charge in [0.1, 0.15) is 17.0 Å². The van der Waals surface area contributed by atoms with Crippen LogP contribution in [-0.4, -0.2) is 33.4 Å². The van der Waals surface area contributed by atoms with Gasteiger partial charge in [-0.1, -0.05) is 18.2 Å². The summed E-state index contributed by atoms with van der Waals surface area (Å²) in [6.07, 6.45) is 6.94. The lowest BCUT2D eigenvalue weighted by Gasteiger charge is -2.32. The number of para-hydroxylation sites is 1. The highest BCUT2D eigenvalue weighted by Crippen LogP contribution is 2.24. The van der Waals surface area contributed by atoms with Crippen LogP contribution in [0.15, 0.2) is 70.9 Å². The number of nitrogens with one attached hydrogen (secondary N) is 2. The van der Waals surface area contributed by atoms with E-state index in [2.05, 4.69) is 33.5 Å². The zero-order valence-electron chi connectivity index (χ0n) is 17.6. The van der Waals surface area contributed by atoms with Crippen LogP contribution in [0.3, 0.4) is 0 Å². The highest BCUT2D eigenvalue weighted by Gasteiger charge is 2.26. The van der Waals surface area contributed by atoms with Crippen LogP contribution in [0.1, 0.15) is 42.4 Å². The number of furan rings is 1. The number of likely N-dealkylation sites (N-methyl/N-ethyl adjacent to an activating group) is 1. The molecule has 6 heteroatoms. The van der Waals surface area contributed by atoms with Crippen LogP contribution < -0.4 is 5.32 Å². The Kier molecular flexibility index (Phi) is 5.20. The fourth-order valence-electron chi connectivity index (χ4n) is 4.37. The molecule has 0 bridgehead atoms. The second-order valence-electron chi connectivity index (χ2n) is 7.97. The Hall–Kier alpha value is -3.54. The maximum Gasteiger partial charge on any atom is 0.270 e. The van der Waals surface area contributed by atoms with Crippen molar-refractivity contribution in [1.82, 2.24) is 20.2 Å². The maximum atomic E-state index is 13.2. The van der Waals surface area contributed by atoms with Gasteiger partial charge >= 0.3 is 0 Å². The topological polar surface area (TPSA) is 74.2 Å². The van der Waals surface area contributed by atoms with E-state index in [1.165, 1.54) is 5.70 Å². The molecule has 4 aromatic rings. The van der Waals surface area contributed by atoms with Crippen LogP contribution in [0.4, 0.5) is 0 Å². The first-order chi connectivity index (χ1) is 15.2. The van der Waals surface area contributed by atoms with Crippen LogP contribution in [0.5, 0.6) is 0 Å². The third-order valence-electron chi connectivity index (χ3n) is 5.93. The molecule has 3 aromatic heterocycles. The van der Waals surface area contributed by atoms with E-state index >= 15 is 0 Å². The Morgan fingerprint density at radius 3 is 3.00 bits per heavy atom. The third-order valence-corrected chi connectivity index (χ3v) is 5.93. The van der Waals surface area contributed by atoms with Gasteiger partial charge in [-0.25, -0.2) is 0 Å². The molecule has 0 saturated heterocycles. The molecule has 2 N–H and O–H groups in total. The molecule has 31 heavy (non-hydrogen) atoms. The van der Waals surface area contributed by atoms with Crippen molar-refractivity contribution < 1.29 is 9.21 Å². The van der Waals surface area contributed by atoms with Crippen molar-refractivity contribution in [3.05, 3.63) is 78.0 Å². The molecule has 1 aliphatic carbocycles. The van der Waals surface area contributed by atoms with Crippen molar-refractivity contribution in [2.45, 2.75) is 38.8 Å². The smallest absolute Gasteiger partial charge is 0.270 e. The van der Waals surface area contributed by atoms with Gasteiger partial charge in [0.25, 0.3) is 5.91 Å². The monoisotopic (exact) mass is 414 g/mol. The Morgan fingerprint density at radius 2 is 2.16 bits per heavy atom. The molecule has 1 aliphatic rings. The average molecular weight is 415 g/mol. The number of H-pyrrole nitrogens is 1. The van der Waals surface area contributed by atoms with E-state index in [0.717, 1.165) is 47.0 Å². The molecule has 1 atom stereocenters. The van der Waals surface area contributed by atoms with Gasteiger partial charge in [0, 0.05) is 23.8 Å². The Morgan fingerprint density at radius 1 is 1.26 bits per heavy atom. The Labute approximate surface area is 181 Å². The minimum Gasteiger partial charge on any atom is -0.459 e. The van der Waals surface area contributed by atoms with Crippen LogP contribution in [0, 0.1) is 0 Å². The van der Waals surface area contributed by atoms with Gasteiger partial charge in [-0.2, -0.15) is 0 Å². The number of aromatic nitrogens is 2. The van der Waals surface area contributed by atoms with Gasteiger partial charge < -0.3 is 19.6 Å². The Balaban J connectivity index is 1.30. The molecule has 0 saturated carbocycles. The summed E-state index contributed by atoms with van der Waals surface area (Å²) in [5.74, 6) is 0.929. The summed E-state index contributed by atoms with van der Waals surface area (Å²) in [7, 11) is 0. The SMILES string of the molecule is CCN(C(=O)c1cc2ncccc2[nH]1)[C@@H]1C=C(NCc2cc3ccccc3o2)CCC1. The number of hydrogen-bond donors (Lipinski definition) is 2. The number of nitrogens with zero attached hydrogens (tertiary/aromatic N) is 2. The molecule has 0 radical (unpaired) electrons. The summed E-state index contributed by atoms with van der Waals surface area (Å²) in [5.41, 5.74) is 4.36. The summed E-state index contributed by atoms with van der Waals surface area (Å²) in [5, 5.41) is 4.64. The fraction of sp³-hybridized carbons (Fsp3) is 0.280. The number of rotatable bonds is 6. The van der Waals surface area contributed by atoms with E-state index in [1.807, 2.05) is 48.2 Å². The number of allylic oxidation sites excluding steroid dienone is 1. The largest absolute Gasteiger partial charge is 0.459 e. The van der Waals surface area contributed by atoms with E-state index in [0.29, 0.717) is 18.8 Å². The van der Waals surface area contributed by atoms with Gasteiger partial charge in [0.05, 0.1) is 23.6 Å². The van der Waals surface area contributed by atoms with Gasteiger partial charge in [0.2, 0.25) is 0 Å². The molecule has 5 rings (SSSR count). The predicted molar refractivity (Wildman–Crippen MR) is 122 cm³/mol. The van der Waals surface area contributed by atoms with Crippen LogP contribution >= 0.6 is 0 Å². The lowest BCUT2D eigenvalue weighted by Crippen LogP contribution is -2.41. The summed E-state index contributed by atoms with van der Waals surface area (Å²) in [4.78, 5) is 22.7. The lowest BCUT2D eigenvalue weighted by atomic mass is 9.98. The summed E-state index contributed by atoms with van der Waals surface area (Å²) in [6, 6.07) is 15.8. The first-order valence-corrected chi connectivity index (χ1v) is 10.9. The lowest BCUT2D eigenvalue weighted by molar-refractivity contribution is 0.0706. The minimum atomic E-state index is 0.0142. The van der Waals surface area contributed by atoms with Crippen molar-refractivity contribution in [3.63, 3.8) is 0 Å². The molecule has 0 unspecified atom stereocenters. The van der Waals surface area contributed by atoms with Crippen LogP contribution in [-0.2, 0) is 6.54 Å². The number of pyridine rings is 1. The molecule has 1 aromatic carbocycles. The molecule has 6 nitrogen and oxygen atoms in total. The van der Waals surface area contributed by atoms with Gasteiger partial charge in [-0.15, -0.1) is 0 Å². The molecule has 0 spiro atoms. The number of hydrogen-bond acceptors (Lipinski definition) is 4. The van der Waals surface area contributed by atoms with E-state index in [9.17, 15) is 4.79 Å². The molecular formula is C25H26N4O2. The first kappa shape index (κ1) is 19.4. The number of carbonyl (C=O) groups excluding carboxylic acids is 1. The number of carbonyl (C=O) groups is 1. The molecular weight excluding hydrogens is 388 g/mol. The molecule has 0 fully saturated rings. The molecule has 3 heterocycles. The number of aromatic amines is 1. The van der Waals surface area contributed by atoms with E-state index in [1.54, 1.807) is 6.20 Å². The van der Waals surface area contributed by atoms with Gasteiger partial charge in [0.15, 0.2) is 0 Å². The zero-order valence-corrected chi connectivity index (χ0v) is 17.6. The van der Waals surface area contributed by atoms with Gasteiger partial charge in [-0.05, 0) is 62.6 Å². The summed E-state index contributed by atoms with van der Waals surface area (Å²) in [6.45, 7) is 3.32. The molecule has 0 aliphatic heterocycles. The van der Waals surface area contributed by atoms with E-state index in [4.69, 9.17) is 4.42 Å². The maximum absolute atomic E-state index is 13.2. The standard InChI is InChI=1S/C25H26N4O2/c1-2-29(25(30)23-15-22-21(28-23)10-6-12-26-22)19-9-5-8-18(14-19)27-16-20-13-17-7-3-4-11-24(17)31-20/h3-4,6-7,10-15,19,27-28H,2,5,8-9,16H2,1H3/t19-/m0/s1. The average Bonchev–Trinajstić information content (AvgIpc) is 3.42. The number of benzene rings is 1. The normalized spacial score (nSPS) is 16.4. The summed E-state index contributed by atoms with van der Waals surface area (Å²) >= 11 is 0. The van der Waals surface area contributed by atoms with Crippen molar-refractivity contribution in [2.24, 2.45) is 0 Å². The van der Waals surface area contributed by atoms with E-state index < -0.39 is 0 Å². The predicted octanol–water partition coefficient (Wildman–Crippen LogP) is 5.00. The van der Waals surface area contributed by atoms with E-state index in [-0.39, 0.29) is 11.9 Å². The first-order valence-electron chi connectivity index (χ1n) is 10.9. The van der Waals surface area contributed by atoms with Crippen molar-refractivity contribution >= 4 is 27.9 Å². The van der Waals surface area contributed by atoms with Crippen LogP contribution in [0.25, 0.3) is 22.0 Å². The second-order valence-corrected chi connectivity index (χ2v) is 7.97. The highest BCUT2D eigenvalue weighted by molar-refractivity contribution is 5.97.